The first-order chi connectivity index (χ1) is 13.5. The molecule has 8 N–H and O–H groups in total. The van der Waals surface area contributed by atoms with Gasteiger partial charge in [0.1, 0.15) is 0 Å². The quantitative estimate of drug-likeness (QED) is 0.207. The van der Waals surface area contributed by atoms with Crippen LogP contribution in [0.1, 0.15) is 69.2 Å². The van der Waals surface area contributed by atoms with Crippen LogP contribution in [0.25, 0.3) is 0 Å². The van der Waals surface area contributed by atoms with Gasteiger partial charge in [-0.1, -0.05) is 0 Å². The Labute approximate surface area is 207 Å². The SMILES string of the molecule is CC(C)O.CC(C)O.CC(C)O.CC(C)O.CCOC(=O)[C@H](O)[C@@H](O)C(=O)OCC.O.[Ti]. The number of rotatable bonds is 5. The number of esters is 2. The zero-order chi connectivity index (χ0) is 25.4. The summed E-state index contributed by atoms with van der Waals surface area (Å²) < 4.78 is 8.79. The van der Waals surface area contributed by atoms with E-state index in [-0.39, 0.29) is 64.8 Å². The third-order valence-electron chi connectivity index (χ3n) is 1.36. The molecule has 0 unspecified atom stereocenters. The summed E-state index contributed by atoms with van der Waals surface area (Å²) in [5.74, 6) is -2.10. The largest absolute Gasteiger partial charge is 0.464 e. The zero-order valence-electron chi connectivity index (χ0n) is 21.2. The molecule has 0 spiro atoms. The van der Waals surface area contributed by atoms with Crippen LogP contribution < -0.4 is 0 Å². The molecule has 0 fully saturated rings. The molecular weight excluding hydrogens is 464 g/mol. The fourth-order valence-corrected chi connectivity index (χ4v) is 0.713. The first-order valence-electron chi connectivity index (χ1n) is 9.89. The molecule has 0 aliphatic heterocycles. The summed E-state index contributed by atoms with van der Waals surface area (Å²) in [7, 11) is 0. The van der Waals surface area contributed by atoms with E-state index in [1.807, 2.05) is 0 Å². The normalized spacial score (nSPS) is 10.8. The molecule has 0 radical (unpaired) electrons. The summed E-state index contributed by atoms with van der Waals surface area (Å²) in [4.78, 5) is 21.7. The van der Waals surface area contributed by atoms with Crippen molar-refractivity contribution in [2.24, 2.45) is 0 Å². The smallest absolute Gasteiger partial charge is 0.338 e. The molecular formula is C20H48O11Ti. The van der Waals surface area contributed by atoms with Crippen LogP contribution in [0, 0.1) is 0 Å². The molecule has 0 saturated heterocycles. The van der Waals surface area contributed by atoms with Crippen LogP contribution in [0.15, 0.2) is 0 Å². The summed E-state index contributed by atoms with van der Waals surface area (Å²) in [5.41, 5.74) is 0. The predicted octanol–water partition coefficient (Wildman–Crippen LogP) is -0.444. The number of hydrogen-bond acceptors (Lipinski definition) is 10. The van der Waals surface area contributed by atoms with Crippen LogP contribution in [0.4, 0.5) is 0 Å². The van der Waals surface area contributed by atoms with E-state index < -0.39 is 24.1 Å². The number of aliphatic hydroxyl groups is 6. The average Bonchev–Trinajstić information content (AvgIpc) is 2.51. The van der Waals surface area contributed by atoms with Gasteiger partial charge in [0.15, 0.2) is 12.2 Å². The van der Waals surface area contributed by atoms with E-state index in [1.54, 1.807) is 69.2 Å². The van der Waals surface area contributed by atoms with E-state index >= 15 is 0 Å². The van der Waals surface area contributed by atoms with Crippen molar-refractivity contribution in [3.63, 3.8) is 0 Å². The Hall–Kier alpha value is -0.626. The summed E-state index contributed by atoms with van der Waals surface area (Å²) in [6.45, 7) is 17.0. The Morgan fingerprint density at radius 3 is 0.781 bits per heavy atom. The molecule has 0 bridgehead atoms. The first-order valence-corrected chi connectivity index (χ1v) is 9.89. The van der Waals surface area contributed by atoms with Crippen LogP contribution >= 0.6 is 0 Å². The molecule has 0 amide bonds. The van der Waals surface area contributed by atoms with Crippen molar-refractivity contribution < 1.29 is 76.9 Å². The Morgan fingerprint density at radius 1 is 0.562 bits per heavy atom. The fraction of sp³-hybridized carbons (Fsp3) is 0.900. The van der Waals surface area contributed by atoms with E-state index in [4.69, 9.17) is 30.6 Å². The summed E-state index contributed by atoms with van der Waals surface area (Å²) >= 11 is 0. The third-order valence-corrected chi connectivity index (χ3v) is 1.36. The van der Waals surface area contributed by atoms with Crippen LogP contribution in [0.2, 0.25) is 0 Å². The minimum Gasteiger partial charge on any atom is -0.464 e. The second-order valence-corrected chi connectivity index (χ2v) is 6.77. The summed E-state index contributed by atoms with van der Waals surface area (Å²) in [6, 6.07) is 0. The van der Waals surface area contributed by atoms with Gasteiger partial charge in [0.2, 0.25) is 0 Å². The van der Waals surface area contributed by atoms with Crippen molar-refractivity contribution in [1.82, 2.24) is 0 Å². The van der Waals surface area contributed by atoms with E-state index in [0.29, 0.717) is 0 Å². The molecule has 12 heteroatoms. The minimum atomic E-state index is -1.89. The molecule has 0 heterocycles. The van der Waals surface area contributed by atoms with Crippen LogP contribution in [0.5, 0.6) is 0 Å². The van der Waals surface area contributed by atoms with Gasteiger partial charge in [-0.2, -0.15) is 0 Å². The van der Waals surface area contributed by atoms with Gasteiger partial charge >= 0.3 is 11.9 Å². The molecule has 11 nitrogen and oxygen atoms in total. The van der Waals surface area contributed by atoms with Gasteiger partial charge in [0.25, 0.3) is 0 Å². The molecule has 0 saturated carbocycles. The van der Waals surface area contributed by atoms with Gasteiger partial charge in [0, 0.05) is 46.1 Å². The zero-order valence-corrected chi connectivity index (χ0v) is 22.8. The molecule has 0 aliphatic rings. The third kappa shape index (κ3) is 78.3. The van der Waals surface area contributed by atoms with Crippen LogP contribution in [-0.2, 0) is 40.8 Å². The van der Waals surface area contributed by atoms with Gasteiger partial charge < -0.3 is 45.6 Å². The molecule has 0 aliphatic carbocycles. The van der Waals surface area contributed by atoms with Gasteiger partial charge in [-0.05, 0) is 69.2 Å². The number of ether oxygens (including phenoxy) is 2. The number of aliphatic hydroxyl groups excluding tert-OH is 6. The predicted molar refractivity (Wildman–Crippen MR) is 118 cm³/mol. The second-order valence-electron chi connectivity index (χ2n) is 6.77. The van der Waals surface area contributed by atoms with Crippen molar-refractivity contribution in [2.75, 3.05) is 13.2 Å². The molecule has 0 aromatic rings. The maximum Gasteiger partial charge on any atom is 0.338 e. The van der Waals surface area contributed by atoms with E-state index in [0.717, 1.165) is 0 Å². The van der Waals surface area contributed by atoms with Crippen molar-refractivity contribution in [1.29, 1.82) is 0 Å². The van der Waals surface area contributed by atoms with E-state index in [1.165, 1.54) is 0 Å². The van der Waals surface area contributed by atoms with E-state index in [2.05, 4.69) is 9.47 Å². The topological polar surface area (TPSA) is 205 Å². The second kappa shape index (κ2) is 35.0. The van der Waals surface area contributed by atoms with Crippen LogP contribution in [-0.4, -0.2) is 97.9 Å². The average molecular weight is 512 g/mol. The van der Waals surface area contributed by atoms with Crippen molar-refractivity contribution >= 4 is 11.9 Å². The van der Waals surface area contributed by atoms with Gasteiger partial charge in [0.05, 0.1) is 13.2 Å². The summed E-state index contributed by atoms with van der Waals surface area (Å²) in [6.07, 6.45) is -4.46. The summed E-state index contributed by atoms with van der Waals surface area (Å²) in [5, 5.41) is 50.4. The standard InChI is InChI=1S/C8H14O6.4C3H8O.H2O.Ti/c1-3-13-7(11)5(9)6(10)8(12)14-4-2;4*1-3(2)4;;/h5-6,9-10H,3-4H2,1-2H3;4*3-4H,1-2H3;1H2;/t5-,6-;;;;;;/m1....../s1. The van der Waals surface area contributed by atoms with E-state index in [9.17, 15) is 9.59 Å². The van der Waals surface area contributed by atoms with Gasteiger partial charge in [-0.3, -0.25) is 0 Å². The molecule has 0 aromatic carbocycles. The van der Waals surface area contributed by atoms with Crippen LogP contribution in [0.3, 0.4) is 0 Å². The van der Waals surface area contributed by atoms with Crippen molar-refractivity contribution in [3.8, 4) is 0 Å². The van der Waals surface area contributed by atoms with Crippen molar-refractivity contribution in [3.05, 3.63) is 0 Å². The number of hydrogen-bond donors (Lipinski definition) is 6. The Bertz CT molecular complexity index is 308. The number of carbonyl (C=O) groups excluding carboxylic acids is 2. The monoisotopic (exact) mass is 512 g/mol. The molecule has 32 heavy (non-hydrogen) atoms. The maximum atomic E-state index is 10.9. The molecule has 198 valence electrons. The minimum absolute atomic E-state index is 0. The number of carbonyl (C=O) groups is 2. The first kappa shape index (κ1) is 48.7. The van der Waals surface area contributed by atoms with Gasteiger partial charge in [-0.25, -0.2) is 9.59 Å². The maximum absolute atomic E-state index is 10.9. The Morgan fingerprint density at radius 2 is 0.688 bits per heavy atom. The Kier molecular flexibility index (Phi) is 53.3. The molecule has 2 atom stereocenters. The molecule has 0 rings (SSSR count). The molecule has 0 aromatic heterocycles. The van der Waals surface area contributed by atoms with Gasteiger partial charge in [-0.15, -0.1) is 0 Å². The van der Waals surface area contributed by atoms with Crippen molar-refractivity contribution in [2.45, 2.75) is 106 Å². The fourth-order valence-electron chi connectivity index (χ4n) is 0.713. The Balaban J connectivity index is -0.0000000575.